The van der Waals surface area contributed by atoms with E-state index in [1.165, 1.54) is 36.5 Å². The van der Waals surface area contributed by atoms with Crippen molar-refractivity contribution in [3.63, 3.8) is 0 Å². The fraction of sp³-hybridized carbons (Fsp3) is 0.458. The third-order valence-corrected chi connectivity index (χ3v) is 13.6. The second-order valence-corrected chi connectivity index (χ2v) is 18.0. The Bertz CT molecular complexity index is 2530. The zero-order valence-electron chi connectivity index (χ0n) is 36.1. The summed E-state index contributed by atoms with van der Waals surface area (Å²) in [6, 6.07) is 19.0. The number of likely N-dealkylation sites (tertiary alicyclic amines) is 2. The van der Waals surface area contributed by atoms with E-state index in [0.717, 1.165) is 90.0 Å². The number of H-pyrrole nitrogens is 2. The summed E-state index contributed by atoms with van der Waals surface area (Å²) >= 11 is 0. The number of imidazole rings is 2. The van der Waals surface area contributed by atoms with Crippen LogP contribution in [0.1, 0.15) is 94.2 Å². The van der Waals surface area contributed by atoms with Crippen molar-refractivity contribution >= 4 is 35.0 Å². The van der Waals surface area contributed by atoms with Crippen molar-refractivity contribution in [2.45, 2.75) is 96.3 Å². The molecule has 3 aromatic carbocycles. The SMILES string of the molecule is COC(=O)NCC(C)CC(=O)N1C2CCC(C2)C1c1nc2ccc(-c3ccc4c(c3)CCc3cc(-c5cnc(C6CCCN6C(=O)C(NC(=O)OC)C(C)C)[nH]5)ccc3-4)cc2[nH]1. The van der Waals surface area contributed by atoms with Crippen LogP contribution in [0, 0.1) is 17.8 Å². The Morgan fingerprint density at radius 2 is 1.55 bits per heavy atom. The number of piperidine rings is 1. The van der Waals surface area contributed by atoms with Gasteiger partial charge in [-0.15, -0.1) is 0 Å². The molecule has 9 rings (SSSR count). The van der Waals surface area contributed by atoms with Crippen LogP contribution in [0.25, 0.3) is 44.5 Å². The van der Waals surface area contributed by atoms with Crippen molar-refractivity contribution in [2.75, 3.05) is 27.3 Å². The van der Waals surface area contributed by atoms with Gasteiger partial charge in [0.1, 0.15) is 17.7 Å². The molecule has 3 fully saturated rings. The van der Waals surface area contributed by atoms with Gasteiger partial charge in [0.15, 0.2) is 0 Å². The van der Waals surface area contributed by atoms with Gasteiger partial charge >= 0.3 is 12.2 Å². The number of aromatic amines is 2. The van der Waals surface area contributed by atoms with Gasteiger partial charge in [-0.3, -0.25) is 9.59 Å². The van der Waals surface area contributed by atoms with Gasteiger partial charge in [-0.05, 0) is 120 Å². The Kier molecular flexibility index (Phi) is 11.3. The number of carbonyl (C=O) groups excluding carboxylic acids is 4. The fourth-order valence-corrected chi connectivity index (χ4v) is 10.4. The maximum absolute atomic E-state index is 13.7. The number of nitrogens with one attached hydrogen (secondary N) is 4. The third-order valence-electron chi connectivity index (χ3n) is 13.6. The van der Waals surface area contributed by atoms with Gasteiger partial charge in [0.25, 0.3) is 0 Å². The Morgan fingerprint density at radius 1 is 0.839 bits per heavy atom. The molecular weight excluding hydrogens is 785 g/mol. The van der Waals surface area contributed by atoms with E-state index >= 15 is 0 Å². The molecular formula is C48H56N8O6. The molecule has 0 spiro atoms. The first-order valence-corrected chi connectivity index (χ1v) is 22.1. The van der Waals surface area contributed by atoms with E-state index in [9.17, 15) is 19.2 Å². The zero-order chi connectivity index (χ0) is 43.2. The van der Waals surface area contributed by atoms with Crippen molar-refractivity contribution in [2.24, 2.45) is 17.8 Å². The molecule has 2 aliphatic carbocycles. The van der Waals surface area contributed by atoms with Crippen LogP contribution in [0.4, 0.5) is 9.59 Å². The van der Waals surface area contributed by atoms with E-state index in [-0.39, 0.29) is 41.8 Å². The van der Waals surface area contributed by atoms with Crippen LogP contribution < -0.4 is 10.6 Å². The summed E-state index contributed by atoms with van der Waals surface area (Å²) in [5.74, 6) is 1.85. The highest BCUT2D eigenvalue weighted by molar-refractivity contribution is 5.87. The molecule has 6 unspecified atom stereocenters. The molecule has 2 bridgehead atoms. The average molecular weight is 841 g/mol. The van der Waals surface area contributed by atoms with Crippen molar-refractivity contribution in [1.29, 1.82) is 0 Å². The highest BCUT2D eigenvalue weighted by Crippen LogP contribution is 2.50. The molecule has 324 valence electrons. The number of carbonyl (C=O) groups is 4. The molecule has 4 aliphatic rings. The summed E-state index contributed by atoms with van der Waals surface area (Å²) in [6.45, 7) is 6.80. The van der Waals surface area contributed by atoms with Crippen LogP contribution in [0.3, 0.4) is 0 Å². The minimum Gasteiger partial charge on any atom is -0.453 e. The first-order chi connectivity index (χ1) is 30.0. The molecule has 4 N–H and O–H groups in total. The predicted molar refractivity (Wildman–Crippen MR) is 235 cm³/mol. The lowest BCUT2D eigenvalue weighted by molar-refractivity contribution is -0.137. The summed E-state index contributed by atoms with van der Waals surface area (Å²) in [6.07, 6.45) is 7.71. The molecule has 5 aromatic rings. The number of fused-ring (bicyclic) bond motifs is 6. The highest BCUT2D eigenvalue weighted by Gasteiger charge is 2.50. The number of benzene rings is 3. The Balaban J connectivity index is 0.897. The van der Waals surface area contributed by atoms with Gasteiger partial charge in [0.05, 0.1) is 49.2 Å². The number of ether oxygens (including phenoxy) is 2. The Morgan fingerprint density at radius 3 is 2.29 bits per heavy atom. The molecule has 1 saturated carbocycles. The fourth-order valence-electron chi connectivity index (χ4n) is 10.4. The van der Waals surface area contributed by atoms with Gasteiger partial charge in [0, 0.05) is 25.6 Å². The number of rotatable bonds is 11. The molecule has 14 heteroatoms. The lowest BCUT2D eigenvalue weighted by atomic mass is 9.83. The van der Waals surface area contributed by atoms with E-state index in [2.05, 4.69) is 80.1 Å². The highest BCUT2D eigenvalue weighted by atomic mass is 16.5. The number of amides is 4. The largest absolute Gasteiger partial charge is 0.453 e. The molecule has 0 radical (unpaired) electrons. The van der Waals surface area contributed by atoms with Gasteiger partial charge in [-0.1, -0.05) is 57.2 Å². The zero-order valence-corrected chi connectivity index (χ0v) is 36.1. The van der Waals surface area contributed by atoms with Crippen LogP contribution >= 0.6 is 0 Å². The number of aryl methyl sites for hydroxylation is 2. The topological polar surface area (TPSA) is 175 Å². The summed E-state index contributed by atoms with van der Waals surface area (Å²) in [4.78, 5) is 71.9. The van der Waals surface area contributed by atoms with Gasteiger partial charge in [-0.2, -0.15) is 0 Å². The Labute approximate surface area is 361 Å². The second kappa shape index (κ2) is 16.9. The molecule has 14 nitrogen and oxygen atoms in total. The molecule has 62 heavy (non-hydrogen) atoms. The number of aromatic nitrogens is 4. The Hall–Kier alpha value is -6.18. The molecule has 2 aliphatic heterocycles. The minimum atomic E-state index is -0.681. The van der Waals surface area contributed by atoms with E-state index < -0.39 is 18.2 Å². The van der Waals surface area contributed by atoms with Crippen LogP contribution in [0.5, 0.6) is 0 Å². The number of hydrogen-bond acceptors (Lipinski definition) is 8. The second-order valence-electron chi connectivity index (χ2n) is 18.0. The van der Waals surface area contributed by atoms with Crippen molar-refractivity contribution < 1.29 is 28.7 Å². The maximum atomic E-state index is 13.7. The number of methoxy groups -OCH3 is 2. The maximum Gasteiger partial charge on any atom is 0.407 e. The van der Waals surface area contributed by atoms with Crippen molar-refractivity contribution in [1.82, 2.24) is 40.4 Å². The number of nitrogens with zero attached hydrogens (tertiary/aromatic N) is 4. The first kappa shape index (κ1) is 41.2. The quantitative estimate of drug-likeness (QED) is 0.104. The lowest BCUT2D eigenvalue weighted by Crippen LogP contribution is -2.51. The van der Waals surface area contributed by atoms with Gasteiger partial charge in [-0.25, -0.2) is 19.6 Å². The number of hydrogen-bond donors (Lipinski definition) is 4. The summed E-state index contributed by atoms with van der Waals surface area (Å²) in [5.41, 5.74) is 11.2. The third kappa shape index (κ3) is 7.79. The van der Waals surface area contributed by atoms with Gasteiger partial charge in [0.2, 0.25) is 11.8 Å². The molecule has 4 amide bonds. The summed E-state index contributed by atoms with van der Waals surface area (Å²) in [7, 11) is 2.64. The van der Waals surface area contributed by atoms with Crippen molar-refractivity contribution in [3.8, 4) is 33.5 Å². The summed E-state index contributed by atoms with van der Waals surface area (Å²) < 4.78 is 9.49. The predicted octanol–water partition coefficient (Wildman–Crippen LogP) is 7.86. The van der Waals surface area contributed by atoms with Gasteiger partial charge < -0.3 is 39.9 Å². The van der Waals surface area contributed by atoms with E-state index in [1.54, 1.807) is 0 Å². The normalized spacial score (nSPS) is 21.1. The smallest absolute Gasteiger partial charge is 0.407 e. The van der Waals surface area contributed by atoms with E-state index in [1.807, 2.05) is 31.9 Å². The van der Waals surface area contributed by atoms with Crippen LogP contribution in [-0.4, -0.2) is 93.1 Å². The van der Waals surface area contributed by atoms with Crippen LogP contribution in [0.15, 0.2) is 60.8 Å². The lowest BCUT2D eigenvalue weighted by Gasteiger charge is -2.35. The van der Waals surface area contributed by atoms with Crippen LogP contribution in [0.2, 0.25) is 0 Å². The standard InChI is InChI=1S/C48H56N8O6/c1-26(2)42(54-48(60)62-5)46(58)55-18-6-7-40(55)44-49-25-39(53-44)32-12-16-36-31(21-32)9-8-30-20-28(11-15-35(30)36)29-13-17-37-38(23-29)52-45(51-37)43-33-10-14-34(22-33)56(43)41(57)19-27(3)24-50-47(59)61-4/h11-13,15-17,20-21,23,25-27,33-34,40,42-43H,6-10,14,18-19,22,24H2,1-5H3,(H,49,53)(H,50,59)(H,51,52)(H,54,60). The summed E-state index contributed by atoms with van der Waals surface area (Å²) in [5, 5.41) is 5.44. The first-order valence-electron chi connectivity index (χ1n) is 22.1. The van der Waals surface area contributed by atoms with Crippen molar-refractivity contribution in [3.05, 3.63) is 83.6 Å². The van der Waals surface area contributed by atoms with E-state index in [4.69, 9.17) is 19.4 Å². The monoisotopic (exact) mass is 840 g/mol. The number of alkyl carbamates (subject to hydrolysis) is 2. The molecule has 2 aromatic heterocycles. The van der Waals surface area contributed by atoms with E-state index in [0.29, 0.717) is 25.4 Å². The van der Waals surface area contributed by atoms with Crippen LogP contribution in [-0.2, 0) is 31.9 Å². The molecule has 2 saturated heterocycles. The molecule has 4 heterocycles. The average Bonchev–Trinajstić information content (AvgIpc) is 4.14. The molecule has 6 atom stereocenters. The minimum absolute atomic E-state index is 0.0174.